The van der Waals surface area contributed by atoms with Crippen molar-refractivity contribution in [2.24, 2.45) is 11.8 Å². The summed E-state index contributed by atoms with van der Waals surface area (Å²) in [6, 6.07) is 0. The van der Waals surface area contributed by atoms with Crippen molar-refractivity contribution in [3.8, 4) is 0 Å². The van der Waals surface area contributed by atoms with Crippen molar-refractivity contribution in [1.82, 2.24) is 4.90 Å². The Bertz CT molecular complexity index is 207. The van der Waals surface area contributed by atoms with Crippen LogP contribution in [0.25, 0.3) is 0 Å². The molecule has 2 saturated carbocycles. The molecule has 0 amide bonds. The Hall–Kier alpha value is -0.0800. The number of aliphatic hydroxyl groups is 1. The van der Waals surface area contributed by atoms with E-state index in [2.05, 4.69) is 11.9 Å². The third-order valence-corrected chi connectivity index (χ3v) is 4.74. The maximum Gasteiger partial charge on any atom is 0.0695 e. The fourth-order valence-electron chi connectivity index (χ4n) is 3.70. The predicted molar refractivity (Wildman–Crippen MR) is 72.0 cm³/mol. The summed E-state index contributed by atoms with van der Waals surface area (Å²) in [5.74, 6) is 1.48. The van der Waals surface area contributed by atoms with E-state index < -0.39 is 0 Å². The van der Waals surface area contributed by atoms with Crippen LogP contribution in [-0.4, -0.2) is 36.2 Å². The molecule has 0 saturated heterocycles. The van der Waals surface area contributed by atoms with Gasteiger partial charge in [0.25, 0.3) is 0 Å². The molecule has 2 nitrogen and oxygen atoms in total. The van der Waals surface area contributed by atoms with Crippen molar-refractivity contribution in [3.63, 3.8) is 0 Å². The van der Waals surface area contributed by atoms with Gasteiger partial charge in [0.2, 0.25) is 0 Å². The van der Waals surface area contributed by atoms with Crippen LogP contribution in [0.3, 0.4) is 0 Å². The number of rotatable bonds is 5. The van der Waals surface area contributed by atoms with Crippen LogP contribution in [-0.2, 0) is 0 Å². The lowest BCUT2D eigenvalue weighted by Crippen LogP contribution is -2.37. The highest BCUT2D eigenvalue weighted by Gasteiger charge is 2.24. The maximum atomic E-state index is 10.3. The third kappa shape index (κ3) is 4.26. The van der Waals surface area contributed by atoms with Crippen LogP contribution in [0.4, 0.5) is 0 Å². The fraction of sp³-hybridized carbons (Fsp3) is 1.00. The van der Waals surface area contributed by atoms with E-state index in [1.807, 2.05) is 0 Å². The van der Waals surface area contributed by atoms with Crippen molar-refractivity contribution >= 4 is 0 Å². The highest BCUT2D eigenvalue weighted by molar-refractivity contribution is 4.77. The molecule has 0 bridgehead atoms. The van der Waals surface area contributed by atoms with Gasteiger partial charge in [-0.2, -0.15) is 0 Å². The largest absolute Gasteiger partial charge is 0.392 e. The Balaban J connectivity index is 1.67. The first-order valence-corrected chi connectivity index (χ1v) is 7.62. The van der Waals surface area contributed by atoms with Gasteiger partial charge < -0.3 is 10.0 Å². The normalized spacial score (nSPS) is 25.6. The zero-order chi connectivity index (χ0) is 12.1. The molecule has 2 heteroatoms. The van der Waals surface area contributed by atoms with Crippen LogP contribution >= 0.6 is 0 Å². The number of hydrogen-bond acceptors (Lipinski definition) is 2. The quantitative estimate of drug-likeness (QED) is 0.797. The minimum absolute atomic E-state index is 0.0818. The van der Waals surface area contributed by atoms with Crippen molar-refractivity contribution in [3.05, 3.63) is 0 Å². The van der Waals surface area contributed by atoms with E-state index >= 15 is 0 Å². The van der Waals surface area contributed by atoms with E-state index in [-0.39, 0.29) is 6.10 Å². The van der Waals surface area contributed by atoms with Crippen LogP contribution in [0, 0.1) is 11.8 Å². The first-order valence-electron chi connectivity index (χ1n) is 7.62. The Labute approximate surface area is 106 Å². The fourth-order valence-corrected chi connectivity index (χ4v) is 3.70. The standard InChI is InChI=1S/C15H29NO/c1-16(11-13-7-5-6-8-13)12-15(17)14-9-3-2-4-10-14/h13-15,17H,2-12H2,1H3. The smallest absolute Gasteiger partial charge is 0.0695 e. The molecular weight excluding hydrogens is 210 g/mol. The van der Waals surface area contributed by atoms with Crippen molar-refractivity contribution in [1.29, 1.82) is 0 Å². The second-order valence-corrected chi connectivity index (χ2v) is 6.34. The van der Waals surface area contributed by atoms with Gasteiger partial charge in [-0.05, 0) is 44.6 Å². The van der Waals surface area contributed by atoms with E-state index in [0.29, 0.717) is 5.92 Å². The lowest BCUT2D eigenvalue weighted by Gasteiger charge is -2.30. The topological polar surface area (TPSA) is 23.5 Å². The summed E-state index contributed by atoms with van der Waals surface area (Å²) in [6.07, 6.45) is 12.1. The zero-order valence-electron chi connectivity index (χ0n) is 11.4. The van der Waals surface area contributed by atoms with Gasteiger partial charge in [-0.1, -0.05) is 32.1 Å². The monoisotopic (exact) mass is 239 g/mol. The van der Waals surface area contributed by atoms with Gasteiger partial charge in [-0.3, -0.25) is 0 Å². The minimum atomic E-state index is -0.0818. The molecule has 0 aromatic heterocycles. The summed E-state index contributed by atoms with van der Waals surface area (Å²) in [7, 11) is 2.18. The molecule has 1 atom stereocenters. The maximum absolute atomic E-state index is 10.3. The van der Waals surface area contributed by atoms with Gasteiger partial charge in [0.05, 0.1) is 6.10 Å². The second kappa shape index (κ2) is 6.75. The van der Waals surface area contributed by atoms with Gasteiger partial charge in [0.15, 0.2) is 0 Å². The predicted octanol–water partition coefficient (Wildman–Crippen LogP) is 3.05. The van der Waals surface area contributed by atoms with Gasteiger partial charge in [0.1, 0.15) is 0 Å². The number of likely N-dealkylation sites (N-methyl/N-ethyl adjacent to an activating group) is 1. The molecule has 1 unspecified atom stereocenters. The summed E-state index contributed by atoms with van der Waals surface area (Å²) < 4.78 is 0. The molecule has 0 aromatic carbocycles. The van der Waals surface area contributed by atoms with E-state index in [1.54, 1.807) is 0 Å². The molecule has 2 fully saturated rings. The minimum Gasteiger partial charge on any atom is -0.392 e. The van der Waals surface area contributed by atoms with E-state index in [1.165, 1.54) is 64.3 Å². The zero-order valence-corrected chi connectivity index (χ0v) is 11.4. The first-order chi connectivity index (χ1) is 8.25. The molecule has 0 heterocycles. The molecule has 0 aromatic rings. The summed E-state index contributed by atoms with van der Waals surface area (Å²) in [4.78, 5) is 2.37. The Kier molecular flexibility index (Phi) is 5.30. The molecule has 17 heavy (non-hydrogen) atoms. The lowest BCUT2D eigenvalue weighted by atomic mass is 9.85. The van der Waals surface area contributed by atoms with Crippen LogP contribution in [0.1, 0.15) is 57.8 Å². The van der Waals surface area contributed by atoms with E-state index in [9.17, 15) is 5.11 Å². The van der Waals surface area contributed by atoms with Gasteiger partial charge in [-0.15, -0.1) is 0 Å². The van der Waals surface area contributed by atoms with E-state index in [0.717, 1.165) is 12.5 Å². The highest BCUT2D eigenvalue weighted by atomic mass is 16.3. The molecule has 1 N–H and O–H groups in total. The summed E-state index contributed by atoms with van der Waals surface area (Å²) in [5, 5.41) is 10.3. The van der Waals surface area contributed by atoms with Crippen LogP contribution in [0.5, 0.6) is 0 Å². The molecule has 2 aliphatic rings. The van der Waals surface area contributed by atoms with Crippen LogP contribution in [0.15, 0.2) is 0 Å². The Morgan fingerprint density at radius 1 is 1.00 bits per heavy atom. The summed E-state index contributed by atoms with van der Waals surface area (Å²) in [5.41, 5.74) is 0. The van der Waals surface area contributed by atoms with Crippen molar-refractivity contribution in [2.45, 2.75) is 63.9 Å². The molecule has 0 radical (unpaired) electrons. The SMILES string of the molecule is CN(CC1CCCC1)CC(O)C1CCCCC1. The molecule has 2 aliphatic carbocycles. The first kappa shape index (κ1) is 13.4. The average Bonchev–Trinajstić information content (AvgIpc) is 2.82. The third-order valence-electron chi connectivity index (χ3n) is 4.74. The van der Waals surface area contributed by atoms with E-state index in [4.69, 9.17) is 0 Å². The highest BCUT2D eigenvalue weighted by Crippen LogP contribution is 2.28. The molecule has 0 spiro atoms. The summed E-state index contributed by atoms with van der Waals surface area (Å²) in [6.45, 7) is 2.09. The number of nitrogens with zero attached hydrogens (tertiary/aromatic N) is 1. The molecule has 2 rings (SSSR count). The van der Waals surface area contributed by atoms with Gasteiger partial charge in [-0.25, -0.2) is 0 Å². The van der Waals surface area contributed by atoms with Crippen molar-refractivity contribution < 1.29 is 5.11 Å². The number of aliphatic hydroxyl groups excluding tert-OH is 1. The second-order valence-electron chi connectivity index (χ2n) is 6.34. The van der Waals surface area contributed by atoms with Crippen molar-refractivity contribution in [2.75, 3.05) is 20.1 Å². The molecular formula is C15H29NO. The Morgan fingerprint density at radius 2 is 1.59 bits per heavy atom. The molecule has 0 aliphatic heterocycles. The average molecular weight is 239 g/mol. The van der Waals surface area contributed by atoms with Gasteiger partial charge in [0, 0.05) is 13.1 Å². The van der Waals surface area contributed by atoms with Crippen LogP contribution in [0.2, 0.25) is 0 Å². The Morgan fingerprint density at radius 3 is 2.24 bits per heavy atom. The number of hydrogen-bond donors (Lipinski definition) is 1. The van der Waals surface area contributed by atoms with Crippen LogP contribution < -0.4 is 0 Å². The molecule has 100 valence electrons. The summed E-state index contributed by atoms with van der Waals surface area (Å²) >= 11 is 0. The lowest BCUT2D eigenvalue weighted by molar-refractivity contribution is 0.0512. The van der Waals surface area contributed by atoms with Gasteiger partial charge >= 0.3 is 0 Å².